The number of aromatic nitrogens is 2. The second-order valence-electron chi connectivity index (χ2n) is 5.76. The molecule has 1 aliphatic heterocycles. The molecule has 120 valence electrons. The number of amides is 1. The van der Waals surface area contributed by atoms with Gasteiger partial charge in [0.25, 0.3) is 5.91 Å². The maximum absolute atomic E-state index is 13.0. The Kier molecular flexibility index (Phi) is 4.41. The number of rotatable bonds is 4. The minimum atomic E-state index is -0.835. The monoisotopic (exact) mass is 313 g/mol. The molecule has 1 aliphatic rings. The number of carboxylic acid groups (broad SMARTS) is 1. The van der Waals surface area contributed by atoms with Crippen molar-refractivity contribution in [2.24, 2.45) is 5.92 Å². The van der Waals surface area contributed by atoms with Crippen LogP contribution in [0.15, 0.2) is 48.8 Å². The van der Waals surface area contributed by atoms with E-state index in [1.165, 1.54) is 0 Å². The van der Waals surface area contributed by atoms with Gasteiger partial charge in [0.05, 0.1) is 5.92 Å². The van der Waals surface area contributed by atoms with E-state index in [2.05, 4.69) is 5.10 Å². The molecule has 1 amide bonds. The number of hydrogen-bond donors (Lipinski definition) is 1. The maximum atomic E-state index is 13.0. The molecule has 6 nitrogen and oxygen atoms in total. The molecule has 1 aromatic heterocycles. The molecule has 0 saturated carbocycles. The van der Waals surface area contributed by atoms with Crippen molar-refractivity contribution in [1.82, 2.24) is 14.7 Å². The van der Waals surface area contributed by atoms with Crippen LogP contribution in [0.2, 0.25) is 0 Å². The Balaban J connectivity index is 1.88. The van der Waals surface area contributed by atoms with Gasteiger partial charge in [-0.05, 0) is 24.5 Å². The van der Waals surface area contributed by atoms with Gasteiger partial charge in [-0.3, -0.25) is 14.3 Å². The smallest absolute Gasteiger partial charge is 0.308 e. The van der Waals surface area contributed by atoms with Gasteiger partial charge >= 0.3 is 5.97 Å². The second kappa shape index (κ2) is 6.64. The van der Waals surface area contributed by atoms with Gasteiger partial charge in [-0.2, -0.15) is 5.10 Å². The lowest BCUT2D eigenvalue weighted by molar-refractivity contribution is -0.146. The summed E-state index contributed by atoms with van der Waals surface area (Å²) in [6, 6.07) is 10.7. The molecule has 1 N–H and O–H groups in total. The number of hydrogen-bond acceptors (Lipinski definition) is 3. The fourth-order valence-corrected chi connectivity index (χ4v) is 3.03. The van der Waals surface area contributed by atoms with E-state index in [0.717, 1.165) is 5.56 Å². The van der Waals surface area contributed by atoms with Crippen LogP contribution in [-0.2, 0) is 9.59 Å². The fourth-order valence-electron chi connectivity index (χ4n) is 3.03. The number of benzene rings is 1. The minimum Gasteiger partial charge on any atom is -0.481 e. The third kappa shape index (κ3) is 3.26. The Morgan fingerprint density at radius 1 is 1.22 bits per heavy atom. The van der Waals surface area contributed by atoms with Gasteiger partial charge in [-0.15, -0.1) is 0 Å². The summed E-state index contributed by atoms with van der Waals surface area (Å²) in [6.45, 7) is 0.853. The highest BCUT2D eigenvalue weighted by molar-refractivity contribution is 5.84. The van der Waals surface area contributed by atoms with Crippen molar-refractivity contribution in [3.8, 4) is 0 Å². The van der Waals surface area contributed by atoms with Crippen LogP contribution < -0.4 is 0 Å². The number of likely N-dealkylation sites (tertiary alicyclic amines) is 1. The van der Waals surface area contributed by atoms with Crippen molar-refractivity contribution < 1.29 is 14.7 Å². The fraction of sp³-hybridized carbons (Fsp3) is 0.353. The number of carbonyl (C=O) groups excluding carboxylic acids is 1. The summed E-state index contributed by atoms with van der Waals surface area (Å²) in [5.74, 6) is -1.43. The van der Waals surface area contributed by atoms with Crippen LogP contribution in [0.3, 0.4) is 0 Å². The number of carbonyl (C=O) groups is 2. The summed E-state index contributed by atoms with van der Waals surface area (Å²) in [5, 5.41) is 13.4. The molecule has 1 aromatic carbocycles. The number of carboxylic acids is 1. The van der Waals surface area contributed by atoms with Gasteiger partial charge in [0.2, 0.25) is 0 Å². The number of piperidine rings is 1. The van der Waals surface area contributed by atoms with E-state index in [4.69, 9.17) is 0 Å². The molecular weight excluding hydrogens is 294 g/mol. The SMILES string of the molecule is O=C(O)C1CCCN(C(=O)C(c2ccccc2)n2cccn2)C1. The van der Waals surface area contributed by atoms with Gasteiger partial charge < -0.3 is 10.0 Å². The highest BCUT2D eigenvalue weighted by Gasteiger charge is 2.33. The van der Waals surface area contributed by atoms with Gasteiger partial charge in [-0.1, -0.05) is 30.3 Å². The van der Waals surface area contributed by atoms with Gasteiger partial charge in [0, 0.05) is 25.5 Å². The van der Waals surface area contributed by atoms with E-state index in [0.29, 0.717) is 19.4 Å². The van der Waals surface area contributed by atoms with Gasteiger partial charge in [-0.25, -0.2) is 0 Å². The van der Waals surface area contributed by atoms with Crippen molar-refractivity contribution >= 4 is 11.9 Å². The second-order valence-corrected chi connectivity index (χ2v) is 5.76. The highest BCUT2D eigenvalue weighted by atomic mass is 16.4. The lowest BCUT2D eigenvalue weighted by atomic mass is 9.96. The summed E-state index contributed by atoms with van der Waals surface area (Å²) in [7, 11) is 0. The molecule has 23 heavy (non-hydrogen) atoms. The Bertz CT molecular complexity index is 670. The predicted octanol–water partition coefficient (Wildman–Crippen LogP) is 1.80. The summed E-state index contributed by atoms with van der Waals surface area (Å²) in [4.78, 5) is 25.9. The van der Waals surface area contributed by atoms with Crippen molar-refractivity contribution in [3.05, 3.63) is 54.4 Å². The summed E-state index contributed by atoms with van der Waals surface area (Å²) >= 11 is 0. The van der Waals surface area contributed by atoms with Crippen LogP contribution in [0, 0.1) is 5.92 Å². The third-order valence-corrected chi connectivity index (χ3v) is 4.22. The van der Waals surface area contributed by atoms with Crippen molar-refractivity contribution in [2.45, 2.75) is 18.9 Å². The molecule has 1 saturated heterocycles. The van der Waals surface area contributed by atoms with Crippen LogP contribution in [0.5, 0.6) is 0 Å². The molecule has 6 heteroatoms. The molecule has 2 unspecified atom stereocenters. The first kappa shape index (κ1) is 15.3. The summed E-state index contributed by atoms with van der Waals surface area (Å²) in [6.07, 6.45) is 4.73. The largest absolute Gasteiger partial charge is 0.481 e. The number of aliphatic carboxylic acids is 1. The van der Waals surface area contributed by atoms with Gasteiger partial charge in [0.1, 0.15) is 0 Å². The van der Waals surface area contributed by atoms with Crippen LogP contribution in [0.1, 0.15) is 24.4 Å². The van der Waals surface area contributed by atoms with Crippen molar-refractivity contribution in [1.29, 1.82) is 0 Å². The first-order valence-corrected chi connectivity index (χ1v) is 7.72. The zero-order chi connectivity index (χ0) is 16.2. The van der Waals surface area contributed by atoms with E-state index in [-0.39, 0.29) is 12.5 Å². The number of nitrogens with zero attached hydrogens (tertiary/aromatic N) is 3. The average Bonchev–Trinajstić information content (AvgIpc) is 3.10. The molecule has 1 fully saturated rings. The normalized spacial score (nSPS) is 19.3. The van der Waals surface area contributed by atoms with Crippen LogP contribution in [0.4, 0.5) is 0 Å². The third-order valence-electron chi connectivity index (χ3n) is 4.22. The predicted molar refractivity (Wildman–Crippen MR) is 83.7 cm³/mol. The summed E-state index contributed by atoms with van der Waals surface area (Å²) < 4.78 is 1.63. The van der Waals surface area contributed by atoms with Crippen LogP contribution in [0.25, 0.3) is 0 Å². The molecule has 2 heterocycles. The van der Waals surface area contributed by atoms with Crippen molar-refractivity contribution in [2.75, 3.05) is 13.1 Å². The minimum absolute atomic E-state index is 0.106. The lowest BCUT2D eigenvalue weighted by Gasteiger charge is -2.33. The first-order chi connectivity index (χ1) is 11.2. The molecule has 3 rings (SSSR count). The molecule has 0 radical (unpaired) electrons. The van der Waals surface area contributed by atoms with E-state index in [1.54, 1.807) is 28.0 Å². The van der Waals surface area contributed by atoms with E-state index >= 15 is 0 Å². The first-order valence-electron chi connectivity index (χ1n) is 7.72. The standard InChI is InChI=1S/C17H19N3O3/c21-16(19-10-4-8-14(12-19)17(22)23)15(20-11-5-9-18-20)13-6-2-1-3-7-13/h1-3,5-7,9,11,14-15H,4,8,10,12H2,(H,22,23). The molecule has 0 bridgehead atoms. The van der Waals surface area contributed by atoms with Crippen LogP contribution in [-0.4, -0.2) is 44.8 Å². The van der Waals surface area contributed by atoms with Gasteiger partial charge in [0.15, 0.2) is 6.04 Å². The van der Waals surface area contributed by atoms with E-state index in [1.807, 2.05) is 30.3 Å². The quantitative estimate of drug-likeness (QED) is 0.934. The molecule has 0 spiro atoms. The topological polar surface area (TPSA) is 75.4 Å². The molecule has 2 atom stereocenters. The Morgan fingerprint density at radius 2 is 2.00 bits per heavy atom. The zero-order valence-corrected chi connectivity index (χ0v) is 12.7. The lowest BCUT2D eigenvalue weighted by Crippen LogP contribution is -2.45. The molecule has 0 aliphatic carbocycles. The Labute approximate surface area is 134 Å². The molecular formula is C17H19N3O3. The van der Waals surface area contributed by atoms with E-state index in [9.17, 15) is 14.7 Å². The average molecular weight is 313 g/mol. The van der Waals surface area contributed by atoms with Crippen molar-refractivity contribution in [3.63, 3.8) is 0 Å². The zero-order valence-electron chi connectivity index (χ0n) is 12.7. The maximum Gasteiger partial charge on any atom is 0.308 e. The highest BCUT2D eigenvalue weighted by Crippen LogP contribution is 2.24. The van der Waals surface area contributed by atoms with Crippen LogP contribution >= 0.6 is 0 Å². The Morgan fingerprint density at radius 3 is 2.65 bits per heavy atom. The van der Waals surface area contributed by atoms with E-state index < -0.39 is 17.9 Å². The molecule has 2 aromatic rings. The summed E-state index contributed by atoms with van der Waals surface area (Å²) in [5.41, 5.74) is 0.846. The Hall–Kier alpha value is -2.63.